The molecule has 2 N–H and O–H groups in total. The van der Waals surface area contributed by atoms with Crippen molar-refractivity contribution in [1.29, 1.82) is 0 Å². The highest BCUT2D eigenvalue weighted by Gasteiger charge is 2.17. The van der Waals surface area contributed by atoms with Crippen LogP contribution >= 0.6 is 15.9 Å². The quantitative estimate of drug-likeness (QED) is 0.662. The van der Waals surface area contributed by atoms with Crippen LogP contribution in [0.2, 0.25) is 0 Å². The van der Waals surface area contributed by atoms with Crippen molar-refractivity contribution < 1.29 is 14.3 Å². The van der Waals surface area contributed by atoms with E-state index in [1.165, 1.54) is 6.07 Å². The minimum absolute atomic E-state index is 0.0506. The number of ether oxygens (including phenoxy) is 1. The number of hydrogen-bond donors (Lipinski definition) is 1. The Labute approximate surface area is 101 Å². The number of halogens is 1. The number of nitrogen functional groups attached to an aromatic ring is 1. The van der Waals surface area contributed by atoms with Gasteiger partial charge in [0.15, 0.2) is 0 Å². The first-order valence-electron chi connectivity index (χ1n) is 4.63. The van der Waals surface area contributed by atoms with Crippen LogP contribution in [0, 0.1) is 6.92 Å². The lowest BCUT2D eigenvalue weighted by Crippen LogP contribution is -2.14. The van der Waals surface area contributed by atoms with Crippen molar-refractivity contribution in [1.82, 2.24) is 4.98 Å². The van der Waals surface area contributed by atoms with E-state index in [9.17, 15) is 9.59 Å². The molecule has 0 radical (unpaired) electrons. The molecule has 1 heterocycles. The van der Waals surface area contributed by atoms with E-state index in [0.717, 1.165) is 0 Å². The number of carbonyl (C=O) groups is 2. The number of carbonyl (C=O) groups excluding carboxylic acids is 2. The molecule has 0 atom stereocenters. The SMILES string of the molecule is CCC(=O)OC(=O)c1cc(Br)c(C)nc1N. The van der Waals surface area contributed by atoms with Gasteiger partial charge in [-0.1, -0.05) is 6.92 Å². The van der Waals surface area contributed by atoms with Gasteiger partial charge in [0, 0.05) is 10.9 Å². The molecular weight excluding hydrogens is 276 g/mol. The molecule has 6 heteroatoms. The van der Waals surface area contributed by atoms with E-state index < -0.39 is 11.9 Å². The number of aromatic nitrogens is 1. The summed E-state index contributed by atoms with van der Waals surface area (Å²) in [5.41, 5.74) is 6.31. The van der Waals surface area contributed by atoms with Crippen molar-refractivity contribution in [2.75, 3.05) is 5.73 Å². The van der Waals surface area contributed by atoms with Crippen LogP contribution in [-0.2, 0) is 9.53 Å². The highest BCUT2D eigenvalue weighted by molar-refractivity contribution is 9.10. The number of rotatable bonds is 2. The summed E-state index contributed by atoms with van der Waals surface area (Å²) in [5.74, 6) is -1.33. The average molecular weight is 287 g/mol. The first kappa shape index (κ1) is 12.6. The number of aryl methyl sites for hydroxylation is 1. The Kier molecular flexibility index (Phi) is 4.00. The first-order valence-corrected chi connectivity index (χ1v) is 5.42. The lowest BCUT2D eigenvalue weighted by molar-refractivity contribution is -0.137. The lowest BCUT2D eigenvalue weighted by Gasteiger charge is -2.06. The van der Waals surface area contributed by atoms with Gasteiger partial charge in [0.25, 0.3) is 0 Å². The minimum Gasteiger partial charge on any atom is -0.389 e. The fourth-order valence-corrected chi connectivity index (χ4v) is 1.31. The molecule has 1 aromatic heterocycles. The molecule has 0 aliphatic rings. The summed E-state index contributed by atoms with van der Waals surface area (Å²) >= 11 is 3.22. The van der Waals surface area contributed by atoms with Crippen LogP contribution < -0.4 is 5.73 Å². The molecule has 0 aliphatic carbocycles. The Morgan fingerprint density at radius 1 is 1.56 bits per heavy atom. The van der Waals surface area contributed by atoms with Crippen molar-refractivity contribution in [3.63, 3.8) is 0 Å². The van der Waals surface area contributed by atoms with Gasteiger partial charge in [-0.15, -0.1) is 0 Å². The molecule has 0 aliphatic heterocycles. The van der Waals surface area contributed by atoms with Crippen LogP contribution in [0.5, 0.6) is 0 Å². The largest absolute Gasteiger partial charge is 0.389 e. The van der Waals surface area contributed by atoms with E-state index in [2.05, 4.69) is 25.7 Å². The molecule has 0 saturated carbocycles. The maximum Gasteiger partial charge on any atom is 0.349 e. The van der Waals surface area contributed by atoms with Gasteiger partial charge in [0.2, 0.25) is 0 Å². The molecule has 0 unspecified atom stereocenters. The Morgan fingerprint density at radius 3 is 2.75 bits per heavy atom. The van der Waals surface area contributed by atoms with Crippen LogP contribution in [0.3, 0.4) is 0 Å². The molecule has 0 aromatic carbocycles. The molecule has 0 amide bonds. The fourth-order valence-electron chi connectivity index (χ4n) is 0.993. The molecule has 0 spiro atoms. The second-order valence-corrected chi connectivity index (χ2v) is 3.96. The number of nitrogens with two attached hydrogens (primary N) is 1. The van der Waals surface area contributed by atoms with Crippen LogP contribution in [0.1, 0.15) is 29.4 Å². The van der Waals surface area contributed by atoms with E-state index in [4.69, 9.17) is 5.73 Å². The predicted octanol–water partition coefficient (Wildman–Crippen LogP) is 1.83. The molecule has 1 aromatic rings. The summed E-state index contributed by atoms with van der Waals surface area (Å²) in [6.07, 6.45) is 0.131. The molecule has 5 nitrogen and oxygen atoms in total. The second kappa shape index (κ2) is 5.07. The van der Waals surface area contributed by atoms with Crippen molar-refractivity contribution in [2.24, 2.45) is 0 Å². The monoisotopic (exact) mass is 286 g/mol. The first-order chi connectivity index (χ1) is 7.45. The van der Waals surface area contributed by atoms with E-state index >= 15 is 0 Å². The van der Waals surface area contributed by atoms with Gasteiger partial charge in [0.1, 0.15) is 11.4 Å². The zero-order chi connectivity index (χ0) is 12.3. The number of anilines is 1. The Bertz CT molecular complexity index is 446. The standard InChI is InChI=1S/C10H11BrN2O3/c1-3-8(14)16-10(15)6-4-7(11)5(2)13-9(6)12/h4H,3H2,1-2H3,(H2,12,13). The van der Waals surface area contributed by atoms with Gasteiger partial charge in [0.05, 0.1) is 5.69 Å². The summed E-state index contributed by atoms with van der Waals surface area (Å²) < 4.78 is 5.18. The molecule has 0 saturated heterocycles. The zero-order valence-corrected chi connectivity index (χ0v) is 10.5. The minimum atomic E-state index is -0.780. The third kappa shape index (κ3) is 2.79. The van der Waals surface area contributed by atoms with Crippen molar-refractivity contribution in [2.45, 2.75) is 20.3 Å². The molecule has 16 heavy (non-hydrogen) atoms. The van der Waals surface area contributed by atoms with Crippen LogP contribution in [0.15, 0.2) is 10.5 Å². The summed E-state index contributed by atoms with van der Waals surface area (Å²) in [4.78, 5) is 26.4. The molecule has 0 bridgehead atoms. The number of pyridine rings is 1. The second-order valence-electron chi connectivity index (χ2n) is 3.10. The zero-order valence-electron chi connectivity index (χ0n) is 8.91. The van der Waals surface area contributed by atoms with Crippen molar-refractivity contribution >= 4 is 33.7 Å². The Hall–Kier alpha value is -1.43. The highest BCUT2D eigenvalue weighted by atomic mass is 79.9. The fraction of sp³-hybridized carbons (Fsp3) is 0.300. The molecule has 0 fully saturated rings. The average Bonchev–Trinajstić information content (AvgIpc) is 2.23. The summed E-state index contributed by atoms with van der Waals surface area (Å²) in [6, 6.07) is 1.49. The van der Waals surface area contributed by atoms with Gasteiger partial charge in [-0.25, -0.2) is 9.78 Å². The predicted molar refractivity (Wildman–Crippen MR) is 61.8 cm³/mol. The molecule has 86 valence electrons. The third-order valence-corrected chi connectivity index (χ3v) is 2.70. The van der Waals surface area contributed by atoms with Crippen molar-refractivity contribution in [3.05, 3.63) is 21.8 Å². The number of esters is 2. The van der Waals surface area contributed by atoms with Gasteiger partial charge in [-0.3, -0.25) is 4.79 Å². The van der Waals surface area contributed by atoms with E-state index in [1.54, 1.807) is 13.8 Å². The topological polar surface area (TPSA) is 82.3 Å². The molecule has 1 rings (SSSR count). The summed E-state index contributed by atoms with van der Waals surface area (Å²) in [5, 5.41) is 0. The maximum atomic E-state index is 11.5. The maximum absolute atomic E-state index is 11.5. The van der Waals surface area contributed by atoms with Crippen molar-refractivity contribution in [3.8, 4) is 0 Å². The smallest absolute Gasteiger partial charge is 0.349 e. The van der Waals surface area contributed by atoms with Crippen LogP contribution in [-0.4, -0.2) is 16.9 Å². The molecular formula is C10H11BrN2O3. The van der Waals surface area contributed by atoms with Gasteiger partial charge >= 0.3 is 11.9 Å². The van der Waals surface area contributed by atoms with Gasteiger partial charge in [-0.05, 0) is 28.9 Å². The van der Waals surface area contributed by atoms with E-state index in [0.29, 0.717) is 10.2 Å². The number of nitrogens with zero attached hydrogens (tertiary/aromatic N) is 1. The highest BCUT2D eigenvalue weighted by Crippen LogP contribution is 2.20. The lowest BCUT2D eigenvalue weighted by atomic mass is 10.2. The van der Waals surface area contributed by atoms with Crippen LogP contribution in [0.4, 0.5) is 5.82 Å². The Balaban J connectivity index is 3.00. The normalized spacial score (nSPS) is 9.94. The van der Waals surface area contributed by atoms with Gasteiger partial charge < -0.3 is 10.5 Å². The summed E-state index contributed by atoms with van der Waals surface area (Å²) in [7, 11) is 0. The Morgan fingerprint density at radius 2 is 2.19 bits per heavy atom. The van der Waals surface area contributed by atoms with Crippen LogP contribution in [0.25, 0.3) is 0 Å². The summed E-state index contributed by atoms with van der Waals surface area (Å²) in [6.45, 7) is 3.34. The third-order valence-electron chi connectivity index (χ3n) is 1.90. The van der Waals surface area contributed by atoms with Gasteiger partial charge in [-0.2, -0.15) is 0 Å². The van der Waals surface area contributed by atoms with E-state index in [-0.39, 0.29) is 17.8 Å². The number of hydrogen-bond acceptors (Lipinski definition) is 5. The van der Waals surface area contributed by atoms with E-state index in [1.807, 2.05) is 0 Å².